The second-order valence-corrected chi connectivity index (χ2v) is 5.71. The summed E-state index contributed by atoms with van der Waals surface area (Å²) in [6.07, 6.45) is 0. The van der Waals surface area contributed by atoms with E-state index in [2.05, 4.69) is 6.07 Å². The molecule has 0 aliphatic carbocycles. The average Bonchev–Trinajstić information content (AvgIpc) is 2.46. The predicted octanol–water partition coefficient (Wildman–Crippen LogP) is 3.93. The van der Waals surface area contributed by atoms with Crippen LogP contribution in [0.1, 0.15) is 17.2 Å². The molecule has 2 aromatic carbocycles. The summed E-state index contributed by atoms with van der Waals surface area (Å²) in [4.78, 5) is 1.01. The average molecular weight is 291 g/mol. The zero-order chi connectivity index (χ0) is 14.5. The molecule has 1 unspecified atom stereocenters. The van der Waals surface area contributed by atoms with Crippen molar-refractivity contribution in [1.29, 1.82) is 0 Å². The third-order valence-electron chi connectivity index (χ3n) is 3.03. The molecule has 0 aliphatic heterocycles. The Balaban J connectivity index is 2.06. The van der Waals surface area contributed by atoms with E-state index < -0.39 is 0 Å². The molecule has 0 aliphatic rings. The van der Waals surface area contributed by atoms with Gasteiger partial charge in [0.05, 0.1) is 7.11 Å². The van der Waals surface area contributed by atoms with E-state index in [1.165, 1.54) is 12.1 Å². The van der Waals surface area contributed by atoms with Gasteiger partial charge in [-0.1, -0.05) is 17.7 Å². The first-order valence-corrected chi connectivity index (χ1v) is 7.37. The summed E-state index contributed by atoms with van der Waals surface area (Å²) in [6.45, 7) is 2.03. The van der Waals surface area contributed by atoms with E-state index in [4.69, 9.17) is 10.5 Å². The number of halogens is 1. The van der Waals surface area contributed by atoms with Gasteiger partial charge in [0.2, 0.25) is 0 Å². The predicted molar refractivity (Wildman–Crippen MR) is 81.8 cm³/mol. The minimum Gasteiger partial charge on any atom is -0.496 e. The first-order valence-electron chi connectivity index (χ1n) is 6.38. The molecule has 0 amide bonds. The Hall–Kier alpha value is -1.52. The molecular formula is C16H18FNOS. The molecule has 0 aromatic heterocycles. The Labute approximate surface area is 123 Å². The highest BCUT2D eigenvalue weighted by Crippen LogP contribution is 2.29. The van der Waals surface area contributed by atoms with Crippen molar-refractivity contribution in [2.45, 2.75) is 17.9 Å². The van der Waals surface area contributed by atoms with E-state index in [1.807, 2.05) is 19.1 Å². The van der Waals surface area contributed by atoms with Crippen molar-refractivity contribution in [1.82, 2.24) is 0 Å². The third kappa shape index (κ3) is 3.74. The summed E-state index contributed by atoms with van der Waals surface area (Å²) in [5, 5.41) is 0. The van der Waals surface area contributed by atoms with Crippen LogP contribution >= 0.6 is 11.8 Å². The SMILES string of the molecule is COc1ccc(C)cc1C(N)CSc1ccc(F)cc1. The summed E-state index contributed by atoms with van der Waals surface area (Å²) in [5.74, 6) is 1.30. The molecule has 2 rings (SSSR count). The molecule has 0 spiro atoms. The van der Waals surface area contributed by atoms with Crippen LogP contribution in [0.4, 0.5) is 4.39 Å². The lowest BCUT2D eigenvalue weighted by molar-refractivity contribution is 0.407. The molecule has 0 saturated heterocycles. The zero-order valence-corrected chi connectivity index (χ0v) is 12.4. The van der Waals surface area contributed by atoms with E-state index in [0.29, 0.717) is 5.75 Å². The third-order valence-corrected chi connectivity index (χ3v) is 4.16. The maximum atomic E-state index is 12.8. The van der Waals surface area contributed by atoms with E-state index in [1.54, 1.807) is 31.0 Å². The molecule has 0 saturated carbocycles. The molecule has 20 heavy (non-hydrogen) atoms. The fraction of sp³-hybridized carbons (Fsp3) is 0.250. The molecule has 106 valence electrons. The van der Waals surface area contributed by atoms with Gasteiger partial charge >= 0.3 is 0 Å². The van der Waals surface area contributed by atoms with Crippen LogP contribution in [-0.2, 0) is 0 Å². The summed E-state index contributed by atoms with van der Waals surface area (Å²) < 4.78 is 18.2. The topological polar surface area (TPSA) is 35.2 Å². The molecule has 4 heteroatoms. The van der Waals surface area contributed by atoms with Gasteiger partial charge in [-0.2, -0.15) is 0 Å². The van der Waals surface area contributed by atoms with Crippen molar-refractivity contribution >= 4 is 11.8 Å². The first kappa shape index (κ1) is 14.9. The van der Waals surface area contributed by atoms with E-state index >= 15 is 0 Å². The van der Waals surface area contributed by atoms with Gasteiger partial charge < -0.3 is 10.5 Å². The maximum absolute atomic E-state index is 12.8. The Morgan fingerprint density at radius 1 is 1.20 bits per heavy atom. The largest absolute Gasteiger partial charge is 0.496 e. The number of hydrogen-bond donors (Lipinski definition) is 1. The van der Waals surface area contributed by atoms with Crippen LogP contribution in [0.2, 0.25) is 0 Å². The van der Waals surface area contributed by atoms with Crippen LogP contribution in [0.5, 0.6) is 5.75 Å². The van der Waals surface area contributed by atoms with Gasteiger partial charge in [-0.3, -0.25) is 0 Å². The number of methoxy groups -OCH3 is 1. The van der Waals surface area contributed by atoms with Gasteiger partial charge in [0, 0.05) is 22.3 Å². The fourth-order valence-corrected chi connectivity index (χ4v) is 2.83. The molecule has 0 fully saturated rings. The first-order chi connectivity index (χ1) is 9.60. The number of ether oxygens (including phenoxy) is 1. The van der Waals surface area contributed by atoms with Crippen molar-refractivity contribution in [3.05, 3.63) is 59.4 Å². The number of hydrogen-bond acceptors (Lipinski definition) is 3. The molecule has 0 radical (unpaired) electrons. The van der Waals surface area contributed by atoms with Crippen LogP contribution in [-0.4, -0.2) is 12.9 Å². The number of benzene rings is 2. The summed E-state index contributed by atoms with van der Waals surface area (Å²) in [5.41, 5.74) is 8.40. The summed E-state index contributed by atoms with van der Waals surface area (Å²) >= 11 is 1.61. The zero-order valence-electron chi connectivity index (χ0n) is 11.6. The van der Waals surface area contributed by atoms with E-state index in [0.717, 1.165) is 21.8 Å². The molecule has 2 aromatic rings. The lowest BCUT2D eigenvalue weighted by Gasteiger charge is -2.16. The van der Waals surface area contributed by atoms with Crippen molar-refractivity contribution in [2.75, 3.05) is 12.9 Å². The highest BCUT2D eigenvalue weighted by molar-refractivity contribution is 7.99. The fourth-order valence-electron chi connectivity index (χ4n) is 1.95. The van der Waals surface area contributed by atoms with Gasteiger partial charge in [-0.25, -0.2) is 4.39 Å². The number of rotatable bonds is 5. The normalized spacial score (nSPS) is 12.2. The van der Waals surface area contributed by atoms with Crippen LogP contribution in [0.3, 0.4) is 0 Å². The van der Waals surface area contributed by atoms with E-state index in [-0.39, 0.29) is 11.9 Å². The Kier molecular flexibility index (Phi) is 5.04. The van der Waals surface area contributed by atoms with Crippen LogP contribution in [0, 0.1) is 12.7 Å². The minimum absolute atomic E-state index is 0.125. The standard InChI is InChI=1S/C16H18FNOS/c1-11-3-8-16(19-2)14(9-11)15(18)10-20-13-6-4-12(17)5-7-13/h3-9,15H,10,18H2,1-2H3. The summed E-state index contributed by atoms with van der Waals surface area (Å²) in [7, 11) is 1.65. The second-order valence-electron chi connectivity index (χ2n) is 4.62. The van der Waals surface area contributed by atoms with Crippen molar-refractivity contribution in [3.63, 3.8) is 0 Å². The van der Waals surface area contributed by atoms with Crippen LogP contribution in [0.25, 0.3) is 0 Å². The minimum atomic E-state index is -0.223. The van der Waals surface area contributed by atoms with Crippen LogP contribution < -0.4 is 10.5 Å². The molecule has 2 N–H and O–H groups in total. The Morgan fingerprint density at radius 3 is 2.55 bits per heavy atom. The molecule has 0 bridgehead atoms. The number of nitrogens with two attached hydrogens (primary N) is 1. The Morgan fingerprint density at radius 2 is 1.90 bits per heavy atom. The van der Waals surface area contributed by atoms with E-state index in [9.17, 15) is 4.39 Å². The number of aryl methyl sites for hydroxylation is 1. The van der Waals surface area contributed by atoms with Gasteiger partial charge in [-0.15, -0.1) is 11.8 Å². The second kappa shape index (κ2) is 6.77. The lowest BCUT2D eigenvalue weighted by Crippen LogP contribution is -2.14. The van der Waals surface area contributed by atoms with Crippen molar-refractivity contribution in [2.24, 2.45) is 5.73 Å². The monoisotopic (exact) mass is 291 g/mol. The van der Waals surface area contributed by atoms with Gasteiger partial charge in [0.15, 0.2) is 0 Å². The molecule has 0 heterocycles. The van der Waals surface area contributed by atoms with Gasteiger partial charge in [0.1, 0.15) is 11.6 Å². The van der Waals surface area contributed by atoms with Crippen molar-refractivity contribution in [3.8, 4) is 5.75 Å². The Bertz CT molecular complexity index is 571. The molecule has 2 nitrogen and oxygen atoms in total. The van der Waals surface area contributed by atoms with Crippen molar-refractivity contribution < 1.29 is 9.13 Å². The molecular weight excluding hydrogens is 273 g/mol. The number of thioether (sulfide) groups is 1. The smallest absolute Gasteiger partial charge is 0.123 e. The highest BCUT2D eigenvalue weighted by atomic mass is 32.2. The lowest BCUT2D eigenvalue weighted by atomic mass is 10.1. The quantitative estimate of drug-likeness (QED) is 0.848. The van der Waals surface area contributed by atoms with Gasteiger partial charge in [-0.05, 0) is 37.3 Å². The van der Waals surface area contributed by atoms with Crippen LogP contribution in [0.15, 0.2) is 47.4 Å². The van der Waals surface area contributed by atoms with Gasteiger partial charge in [0.25, 0.3) is 0 Å². The summed E-state index contributed by atoms with van der Waals surface area (Å²) in [6, 6.07) is 12.3. The highest BCUT2D eigenvalue weighted by Gasteiger charge is 2.12. The maximum Gasteiger partial charge on any atom is 0.123 e. The molecule has 1 atom stereocenters.